The zero-order chi connectivity index (χ0) is 21.9. The molecule has 2 heterocycles. The molecule has 8 heteroatoms. The second kappa shape index (κ2) is 11.8. The van der Waals surface area contributed by atoms with Gasteiger partial charge in [0.25, 0.3) is 0 Å². The van der Waals surface area contributed by atoms with E-state index >= 15 is 0 Å². The molecule has 3 rings (SSSR count). The molecule has 0 bridgehead atoms. The van der Waals surface area contributed by atoms with Crippen LogP contribution in [0, 0.1) is 0 Å². The number of hydrogen-bond donors (Lipinski definition) is 2. The standard InChI is InChI=1S/C23H32N6O2/c1-4-24-23(26-15-13-22-28-27-21-10-6-7-16-29(21)22)25-14-8-9-18-11-12-19(30-3)20(17-18)31-5-2/h6-7,10-12,16-17H,4-5,8-9,13-15H2,1-3H3,(H2,24,25,26). The van der Waals surface area contributed by atoms with Gasteiger partial charge in [0, 0.05) is 32.3 Å². The monoisotopic (exact) mass is 424 g/mol. The van der Waals surface area contributed by atoms with Crippen molar-refractivity contribution in [3.63, 3.8) is 0 Å². The number of guanidine groups is 1. The largest absolute Gasteiger partial charge is 0.493 e. The summed E-state index contributed by atoms with van der Waals surface area (Å²) in [5.41, 5.74) is 2.08. The first-order valence-electron chi connectivity index (χ1n) is 10.9. The lowest BCUT2D eigenvalue weighted by atomic mass is 10.1. The van der Waals surface area contributed by atoms with E-state index in [4.69, 9.17) is 14.5 Å². The summed E-state index contributed by atoms with van der Waals surface area (Å²) >= 11 is 0. The van der Waals surface area contributed by atoms with Gasteiger partial charge in [0.2, 0.25) is 0 Å². The molecule has 0 amide bonds. The summed E-state index contributed by atoms with van der Waals surface area (Å²) in [6.45, 7) is 6.94. The average Bonchev–Trinajstić information content (AvgIpc) is 3.20. The van der Waals surface area contributed by atoms with Crippen molar-refractivity contribution >= 4 is 11.6 Å². The molecular weight excluding hydrogens is 392 g/mol. The van der Waals surface area contributed by atoms with Crippen LogP contribution in [0.15, 0.2) is 47.6 Å². The normalized spacial score (nSPS) is 11.5. The first kappa shape index (κ1) is 22.4. The zero-order valence-corrected chi connectivity index (χ0v) is 18.6. The molecule has 0 aliphatic carbocycles. The van der Waals surface area contributed by atoms with Crippen molar-refractivity contribution in [3.8, 4) is 11.5 Å². The van der Waals surface area contributed by atoms with E-state index in [2.05, 4.69) is 39.9 Å². The number of hydrogen-bond acceptors (Lipinski definition) is 5. The van der Waals surface area contributed by atoms with Gasteiger partial charge in [-0.1, -0.05) is 12.1 Å². The molecule has 2 N–H and O–H groups in total. The fourth-order valence-corrected chi connectivity index (χ4v) is 3.31. The number of pyridine rings is 1. The van der Waals surface area contributed by atoms with Crippen LogP contribution < -0.4 is 20.1 Å². The second-order valence-electron chi connectivity index (χ2n) is 7.00. The summed E-state index contributed by atoms with van der Waals surface area (Å²) in [5.74, 6) is 3.31. The van der Waals surface area contributed by atoms with Crippen molar-refractivity contribution < 1.29 is 9.47 Å². The first-order chi connectivity index (χ1) is 15.2. The van der Waals surface area contributed by atoms with Crippen LogP contribution in [0.3, 0.4) is 0 Å². The number of aryl methyl sites for hydroxylation is 1. The van der Waals surface area contributed by atoms with Crippen molar-refractivity contribution in [1.29, 1.82) is 0 Å². The van der Waals surface area contributed by atoms with Crippen molar-refractivity contribution in [3.05, 3.63) is 54.0 Å². The van der Waals surface area contributed by atoms with Crippen molar-refractivity contribution in [2.75, 3.05) is 33.4 Å². The minimum absolute atomic E-state index is 0.617. The van der Waals surface area contributed by atoms with E-state index in [9.17, 15) is 0 Å². The van der Waals surface area contributed by atoms with E-state index in [1.807, 2.05) is 41.8 Å². The molecule has 0 unspecified atom stereocenters. The number of nitrogens with zero attached hydrogens (tertiary/aromatic N) is 4. The number of ether oxygens (including phenoxy) is 2. The molecule has 0 aliphatic rings. The minimum atomic E-state index is 0.617. The predicted octanol–water partition coefficient (Wildman–Crippen LogP) is 2.87. The molecule has 166 valence electrons. The Morgan fingerprint density at radius 2 is 1.97 bits per heavy atom. The van der Waals surface area contributed by atoms with E-state index in [1.165, 1.54) is 5.56 Å². The number of methoxy groups -OCH3 is 1. The van der Waals surface area contributed by atoms with E-state index in [1.54, 1.807) is 7.11 Å². The molecule has 1 aromatic carbocycles. The summed E-state index contributed by atoms with van der Waals surface area (Å²) in [4.78, 5) is 4.70. The van der Waals surface area contributed by atoms with E-state index < -0.39 is 0 Å². The summed E-state index contributed by atoms with van der Waals surface area (Å²) in [6.07, 6.45) is 4.63. The van der Waals surface area contributed by atoms with Crippen molar-refractivity contribution in [1.82, 2.24) is 25.2 Å². The Labute approximate surface area is 183 Å². The van der Waals surface area contributed by atoms with E-state index in [0.29, 0.717) is 6.61 Å². The van der Waals surface area contributed by atoms with E-state index in [0.717, 1.165) is 67.8 Å². The Morgan fingerprint density at radius 3 is 2.77 bits per heavy atom. The summed E-state index contributed by atoms with van der Waals surface area (Å²) in [5, 5.41) is 15.2. The Kier molecular flexibility index (Phi) is 8.51. The number of benzene rings is 1. The molecule has 0 atom stereocenters. The topological polar surface area (TPSA) is 85.1 Å². The Bertz CT molecular complexity index is 985. The third-order valence-corrected chi connectivity index (χ3v) is 4.79. The van der Waals surface area contributed by atoms with E-state index in [-0.39, 0.29) is 0 Å². The third kappa shape index (κ3) is 6.34. The SMILES string of the molecule is CCNC(=NCCCc1ccc(OC)c(OCC)c1)NCCc1nnc2ccccn12. The molecule has 0 saturated carbocycles. The molecule has 0 fully saturated rings. The Hall–Kier alpha value is -3.29. The predicted molar refractivity (Wildman–Crippen MR) is 123 cm³/mol. The van der Waals surface area contributed by atoms with Crippen LogP contribution in [0.4, 0.5) is 0 Å². The lowest BCUT2D eigenvalue weighted by Crippen LogP contribution is -2.38. The fourth-order valence-electron chi connectivity index (χ4n) is 3.31. The highest BCUT2D eigenvalue weighted by Gasteiger charge is 2.06. The quantitative estimate of drug-likeness (QED) is 0.280. The van der Waals surface area contributed by atoms with Crippen LogP contribution in [0.5, 0.6) is 11.5 Å². The molecular formula is C23H32N6O2. The maximum Gasteiger partial charge on any atom is 0.191 e. The molecule has 8 nitrogen and oxygen atoms in total. The van der Waals surface area contributed by atoms with Crippen LogP contribution in [-0.4, -0.2) is 53.9 Å². The number of fused-ring (bicyclic) bond motifs is 1. The Morgan fingerprint density at radius 1 is 1.06 bits per heavy atom. The highest BCUT2D eigenvalue weighted by atomic mass is 16.5. The summed E-state index contributed by atoms with van der Waals surface area (Å²) < 4.78 is 13.0. The highest BCUT2D eigenvalue weighted by molar-refractivity contribution is 5.79. The smallest absolute Gasteiger partial charge is 0.191 e. The highest BCUT2D eigenvalue weighted by Crippen LogP contribution is 2.28. The van der Waals surface area contributed by atoms with Gasteiger partial charge in [-0.05, 0) is 56.5 Å². The maximum atomic E-state index is 5.66. The number of nitrogens with one attached hydrogen (secondary N) is 2. The maximum absolute atomic E-state index is 5.66. The van der Waals surface area contributed by atoms with Crippen LogP contribution in [0.2, 0.25) is 0 Å². The zero-order valence-electron chi connectivity index (χ0n) is 18.6. The first-order valence-corrected chi connectivity index (χ1v) is 10.9. The lowest BCUT2D eigenvalue weighted by Gasteiger charge is -2.12. The number of aromatic nitrogens is 3. The van der Waals surface area contributed by atoms with Gasteiger partial charge < -0.3 is 20.1 Å². The van der Waals surface area contributed by atoms with Gasteiger partial charge in [0.15, 0.2) is 23.1 Å². The molecule has 0 saturated heterocycles. The molecule has 31 heavy (non-hydrogen) atoms. The average molecular weight is 425 g/mol. The van der Waals surface area contributed by atoms with Gasteiger partial charge >= 0.3 is 0 Å². The molecule has 0 radical (unpaired) electrons. The molecule has 0 aliphatic heterocycles. The Balaban J connectivity index is 1.48. The van der Waals surface area contributed by atoms with Gasteiger partial charge in [0.05, 0.1) is 13.7 Å². The van der Waals surface area contributed by atoms with Crippen LogP contribution in [0.1, 0.15) is 31.7 Å². The van der Waals surface area contributed by atoms with Gasteiger partial charge in [0.1, 0.15) is 5.82 Å². The van der Waals surface area contributed by atoms with Gasteiger partial charge in [-0.2, -0.15) is 0 Å². The third-order valence-electron chi connectivity index (χ3n) is 4.79. The summed E-state index contributed by atoms with van der Waals surface area (Å²) in [6, 6.07) is 12.0. The van der Waals surface area contributed by atoms with Gasteiger partial charge in [-0.15, -0.1) is 10.2 Å². The fraction of sp³-hybridized carbons (Fsp3) is 0.435. The second-order valence-corrected chi connectivity index (χ2v) is 7.00. The van der Waals surface area contributed by atoms with Crippen LogP contribution >= 0.6 is 0 Å². The molecule has 2 aromatic heterocycles. The lowest BCUT2D eigenvalue weighted by molar-refractivity contribution is 0.310. The van der Waals surface area contributed by atoms with Gasteiger partial charge in [-0.25, -0.2) is 0 Å². The van der Waals surface area contributed by atoms with Crippen LogP contribution in [0.25, 0.3) is 5.65 Å². The molecule has 0 spiro atoms. The van der Waals surface area contributed by atoms with Crippen molar-refractivity contribution in [2.24, 2.45) is 4.99 Å². The summed E-state index contributed by atoms with van der Waals surface area (Å²) in [7, 11) is 1.66. The van der Waals surface area contributed by atoms with Crippen LogP contribution in [-0.2, 0) is 12.8 Å². The number of aliphatic imine (C=N–C) groups is 1. The minimum Gasteiger partial charge on any atom is -0.493 e. The van der Waals surface area contributed by atoms with Gasteiger partial charge in [-0.3, -0.25) is 9.39 Å². The van der Waals surface area contributed by atoms with Crippen molar-refractivity contribution in [2.45, 2.75) is 33.1 Å². The molecule has 3 aromatic rings. The number of rotatable bonds is 11.